The molecule has 0 radical (unpaired) electrons. The highest BCUT2D eigenvalue weighted by Gasteiger charge is 2.21. The molecule has 6 rings (SSSR count). The summed E-state index contributed by atoms with van der Waals surface area (Å²) in [5, 5.41) is 3.32. The minimum absolute atomic E-state index is 0.677. The van der Waals surface area contributed by atoms with Crippen molar-refractivity contribution >= 4 is 29.0 Å². The normalized spacial score (nSPS) is 15.9. The number of hydrogen-bond donors (Lipinski definition) is 1. The maximum atomic E-state index is 5.46. The first kappa shape index (κ1) is 24.1. The van der Waals surface area contributed by atoms with E-state index in [0.29, 0.717) is 6.42 Å². The summed E-state index contributed by atoms with van der Waals surface area (Å²) in [5.41, 5.74) is 4.30. The quantitative estimate of drug-likeness (QED) is 0.400. The van der Waals surface area contributed by atoms with E-state index in [4.69, 9.17) is 9.72 Å². The van der Waals surface area contributed by atoms with Gasteiger partial charge in [-0.15, -0.1) is 0 Å². The first-order valence-corrected chi connectivity index (χ1v) is 13.0. The van der Waals surface area contributed by atoms with Crippen LogP contribution in [0.3, 0.4) is 0 Å². The van der Waals surface area contributed by atoms with Crippen molar-refractivity contribution in [3.8, 4) is 0 Å². The predicted octanol–water partition coefficient (Wildman–Crippen LogP) is 3.16. The highest BCUT2D eigenvalue weighted by atomic mass is 16.5. The van der Waals surface area contributed by atoms with Crippen molar-refractivity contribution in [2.45, 2.75) is 6.42 Å². The summed E-state index contributed by atoms with van der Waals surface area (Å²) in [6.45, 7) is 6.64. The first-order chi connectivity index (χ1) is 18.8. The fourth-order valence-electron chi connectivity index (χ4n) is 4.73. The van der Waals surface area contributed by atoms with Gasteiger partial charge in [0.2, 0.25) is 11.9 Å². The number of hydrogen-bond acceptors (Lipinski definition) is 10. The zero-order valence-electron chi connectivity index (χ0n) is 21.3. The molecule has 2 aliphatic rings. The van der Waals surface area contributed by atoms with E-state index in [9.17, 15) is 0 Å². The Kier molecular flexibility index (Phi) is 7.21. The van der Waals surface area contributed by atoms with Crippen molar-refractivity contribution in [1.29, 1.82) is 0 Å². The molecule has 2 aliphatic heterocycles. The fourth-order valence-corrected chi connectivity index (χ4v) is 4.73. The van der Waals surface area contributed by atoms with Crippen LogP contribution in [0, 0.1) is 0 Å². The third-order valence-corrected chi connectivity index (χ3v) is 6.83. The van der Waals surface area contributed by atoms with Crippen LogP contribution in [0.5, 0.6) is 0 Å². The SMILES string of the molecule is c1ccc(Nc2cnc(N3CCN(c4ncnc(Cc5ccc(N6CCOCC6)cc5)n4)CC3)nc2)cc1. The lowest BCUT2D eigenvalue weighted by Gasteiger charge is -2.34. The molecule has 38 heavy (non-hydrogen) atoms. The Morgan fingerprint density at radius 3 is 2.05 bits per heavy atom. The summed E-state index contributed by atoms with van der Waals surface area (Å²) in [6.07, 6.45) is 5.95. The van der Waals surface area contributed by atoms with Crippen molar-refractivity contribution < 1.29 is 4.74 Å². The number of ether oxygens (including phenoxy) is 1. The highest BCUT2D eigenvalue weighted by Crippen LogP contribution is 2.20. The van der Waals surface area contributed by atoms with Gasteiger partial charge in [-0.25, -0.2) is 19.9 Å². The van der Waals surface area contributed by atoms with E-state index in [-0.39, 0.29) is 0 Å². The summed E-state index contributed by atoms with van der Waals surface area (Å²) >= 11 is 0. The smallest absolute Gasteiger partial charge is 0.228 e. The van der Waals surface area contributed by atoms with Crippen LogP contribution in [0.2, 0.25) is 0 Å². The molecule has 1 N–H and O–H groups in total. The van der Waals surface area contributed by atoms with Gasteiger partial charge in [-0.1, -0.05) is 30.3 Å². The second-order valence-corrected chi connectivity index (χ2v) is 9.38. The Balaban J connectivity index is 1.03. The van der Waals surface area contributed by atoms with E-state index in [1.54, 1.807) is 6.33 Å². The Bertz CT molecular complexity index is 1300. The molecule has 194 valence electrons. The monoisotopic (exact) mass is 509 g/mol. The third kappa shape index (κ3) is 5.81. The largest absolute Gasteiger partial charge is 0.378 e. The van der Waals surface area contributed by atoms with Gasteiger partial charge in [0, 0.05) is 57.1 Å². The van der Waals surface area contributed by atoms with E-state index in [2.05, 4.69) is 64.2 Å². The minimum atomic E-state index is 0.677. The molecule has 0 atom stereocenters. The molecule has 0 spiro atoms. The molecule has 0 bridgehead atoms. The minimum Gasteiger partial charge on any atom is -0.378 e. The van der Waals surface area contributed by atoms with E-state index in [1.165, 1.54) is 11.3 Å². The maximum absolute atomic E-state index is 5.46. The second kappa shape index (κ2) is 11.4. The zero-order chi connectivity index (χ0) is 25.6. The molecule has 0 amide bonds. The Morgan fingerprint density at radius 2 is 1.34 bits per heavy atom. The third-order valence-electron chi connectivity index (χ3n) is 6.83. The van der Waals surface area contributed by atoms with Gasteiger partial charge in [0.15, 0.2) is 0 Å². The molecule has 2 saturated heterocycles. The van der Waals surface area contributed by atoms with Crippen molar-refractivity contribution in [1.82, 2.24) is 24.9 Å². The average Bonchev–Trinajstić information content (AvgIpc) is 2.99. The number of rotatable bonds is 7. The lowest BCUT2D eigenvalue weighted by Crippen LogP contribution is -2.47. The molecule has 4 heterocycles. The standard InChI is InChI=1S/C28H31N9O/c1-2-4-23(5-3-1)33-24-19-29-27(30-20-24)36-10-12-37(13-11-36)28-32-21-31-26(34-28)18-22-6-8-25(9-7-22)35-14-16-38-17-15-35/h1-9,19-21,33H,10-18H2. The van der Waals surface area contributed by atoms with Crippen molar-refractivity contribution in [3.05, 3.63) is 84.7 Å². The van der Waals surface area contributed by atoms with Crippen LogP contribution in [0.15, 0.2) is 73.3 Å². The van der Waals surface area contributed by atoms with Gasteiger partial charge < -0.3 is 24.8 Å². The summed E-state index contributed by atoms with van der Waals surface area (Å²) in [5.74, 6) is 2.24. The Morgan fingerprint density at radius 1 is 0.658 bits per heavy atom. The number of anilines is 5. The molecule has 10 heteroatoms. The lowest BCUT2D eigenvalue weighted by atomic mass is 10.1. The molecule has 10 nitrogen and oxygen atoms in total. The predicted molar refractivity (Wildman–Crippen MR) is 148 cm³/mol. The Labute approximate surface area is 222 Å². The number of morpholine rings is 1. The van der Waals surface area contributed by atoms with Crippen molar-refractivity contribution in [2.75, 3.05) is 72.5 Å². The number of benzene rings is 2. The average molecular weight is 510 g/mol. The van der Waals surface area contributed by atoms with Crippen LogP contribution in [0.25, 0.3) is 0 Å². The molecule has 0 saturated carbocycles. The molecule has 0 unspecified atom stereocenters. The van der Waals surface area contributed by atoms with Gasteiger partial charge in [-0.3, -0.25) is 0 Å². The molecular formula is C28H31N9O. The lowest BCUT2D eigenvalue weighted by molar-refractivity contribution is 0.122. The number of nitrogens with one attached hydrogen (secondary N) is 1. The van der Waals surface area contributed by atoms with Gasteiger partial charge in [0.1, 0.15) is 12.2 Å². The maximum Gasteiger partial charge on any atom is 0.228 e. The molecule has 2 fully saturated rings. The van der Waals surface area contributed by atoms with Crippen LogP contribution < -0.4 is 20.0 Å². The van der Waals surface area contributed by atoms with Crippen LogP contribution >= 0.6 is 0 Å². The topological polar surface area (TPSA) is 95.4 Å². The summed E-state index contributed by atoms with van der Waals surface area (Å²) in [4.78, 5) is 29.6. The second-order valence-electron chi connectivity index (χ2n) is 9.38. The number of piperazine rings is 1. The van der Waals surface area contributed by atoms with E-state index >= 15 is 0 Å². The number of aromatic nitrogens is 5. The van der Waals surface area contributed by atoms with Crippen molar-refractivity contribution in [2.24, 2.45) is 0 Å². The fraction of sp³-hybridized carbons (Fsp3) is 0.321. The summed E-state index contributed by atoms with van der Waals surface area (Å²) in [7, 11) is 0. The van der Waals surface area contributed by atoms with Gasteiger partial charge in [-0.2, -0.15) is 4.98 Å². The zero-order valence-corrected chi connectivity index (χ0v) is 21.3. The van der Waals surface area contributed by atoms with E-state index in [1.807, 2.05) is 42.7 Å². The summed E-state index contributed by atoms with van der Waals surface area (Å²) < 4.78 is 5.46. The summed E-state index contributed by atoms with van der Waals surface area (Å²) in [6, 6.07) is 18.7. The van der Waals surface area contributed by atoms with E-state index < -0.39 is 0 Å². The van der Waals surface area contributed by atoms with Crippen LogP contribution in [-0.4, -0.2) is 77.4 Å². The van der Waals surface area contributed by atoms with Gasteiger partial charge in [0.05, 0.1) is 31.3 Å². The van der Waals surface area contributed by atoms with Crippen LogP contribution in [0.1, 0.15) is 11.4 Å². The molecule has 2 aromatic carbocycles. The molecular weight excluding hydrogens is 478 g/mol. The van der Waals surface area contributed by atoms with Gasteiger partial charge in [0.25, 0.3) is 0 Å². The molecule has 2 aromatic heterocycles. The molecule has 4 aromatic rings. The molecule has 0 aliphatic carbocycles. The van der Waals surface area contributed by atoms with E-state index in [0.717, 1.165) is 81.6 Å². The number of para-hydroxylation sites is 1. The first-order valence-electron chi connectivity index (χ1n) is 13.0. The van der Waals surface area contributed by atoms with Crippen LogP contribution in [-0.2, 0) is 11.2 Å². The Hall–Kier alpha value is -4.31. The highest BCUT2D eigenvalue weighted by molar-refractivity contribution is 5.58. The van der Waals surface area contributed by atoms with Gasteiger partial charge >= 0.3 is 0 Å². The van der Waals surface area contributed by atoms with Crippen LogP contribution in [0.4, 0.5) is 29.0 Å². The van der Waals surface area contributed by atoms with Gasteiger partial charge in [-0.05, 0) is 29.8 Å². The number of nitrogens with zero attached hydrogens (tertiary/aromatic N) is 8. The van der Waals surface area contributed by atoms with Crippen molar-refractivity contribution in [3.63, 3.8) is 0 Å².